The van der Waals surface area contributed by atoms with E-state index in [1.807, 2.05) is 5.92 Å². The minimum Gasteiger partial charge on any atom is -0.464 e. The van der Waals surface area contributed by atoms with Gasteiger partial charge in [-0.2, -0.15) is 0 Å². The van der Waals surface area contributed by atoms with E-state index in [1.54, 1.807) is 0 Å². The summed E-state index contributed by atoms with van der Waals surface area (Å²) in [5.41, 5.74) is -0.176. The molecule has 0 aliphatic rings. The zero-order valence-electron chi connectivity index (χ0n) is 5.75. The lowest BCUT2D eigenvalue weighted by Crippen LogP contribution is -2.13. The Labute approximate surface area is 58.8 Å². The van der Waals surface area contributed by atoms with Crippen molar-refractivity contribution in [1.29, 1.82) is 0 Å². The predicted octanol–water partition coefficient (Wildman–Crippen LogP) is -0.205. The third kappa shape index (κ3) is 2.18. The van der Waals surface area contributed by atoms with E-state index in [-0.39, 0.29) is 5.71 Å². The van der Waals surface area contributed by atoms with Crippen LogP contribution >= 0.6 is 0 Å². The summed E-state index contributed by atoms with van der Waals surface area (Å²) in [7, 11) is 2.51. The molecule has 0 saturated carbocycles. The highest BCUT2D eigenvalue weighted by Gasteiger charge is 2.07. The molecule has 0 heterocycles. The number of methoxy groups -OCH3 is 1. The first-order valence-electron chi connectivity index (χ1n) is 2.42. The van der Waals surface area contributed by atoms with Gasteiger partial charge in [0.05, 0.1) is 7.11 Å². The normalized spacial score (nSPS) is 9.90. The molecular weight excluding hydrogens is 134 g/mol. The second-order valence-electron chi connectivity index (χ2n) is 1.26. The Bertz CT molecular complexity index is 190. The van der Waals surface area contributed by atoms with E-state index in [4.69, 9.17) is 6.42 Å². The number of hydrogen-bond donors (Lipinski definition) is 0. The molecule has 0 spiro atoms. The molecule has 0 radical (unpaired) electrons. The average Bonchev–Trinajstić information content (AvgIpc) is 1.99. The highest BCUT2D eigenvalue weighted by atomic mass is 16.6. The van der Waals surface area contributed by atoms with Gasteiger partial charge in [-0.05, 0) is 5.92 Å². The summed E-state index contributed by atoms with van der Waals surface area (Å²) in [5.74, 6) is 1.33. The fraction of sp³-hybridized carbons (Fsp3) is 0.333. The van der Waals surface area contributed by atoms with E-state index in [0.717, 1.165) is 0 Å². The van der Waals surface area contributed by atoms with Crippen molar-refractivity contribution in [2.24, 2.45) is 5.16 Å². The lowest BCUT2D eigenvalue weighted by molar-refractivity contribution is -0.132. The van der Waals surface area contributed by atoms with Crippen LogP contribution in [-0.4, -0.2) is 25.9 Å². The molecule has 0 aromatic carbocycles. The van der Waals surface area contributed by atoms with Crippen molar-refractivity contribution in [3.8, 4) is 12.3 Å². The van der Waals surface area contributed by atoms with E-state index < -0.39 is 5.97 Å². The van der Waals surface area contributed by atoms with Crippen LogP contribution in [0.5, 0.6) is 0 Å². The topological polar surface area (TPSA) is 47.9 Å². The molecule has 0 N–H and O–H groups in total. The molecule has 0 unspecified atom stereocenters. The van der Waals surface area contributed by atoms with Crippen LogP contribution in [0.4, 0.5) is 0 Å². The molecule has 10 heavy (non-hydrogen) atoms. The molecule has 0 aliphatic heterocycles. The lowest BCUT2D eigenvalue weighted by Gasteiger charge is -1.93. The monoisotopic (exact) mass is 141 g/mol. The number of terminal acetylenes is 1. The first kappa shape index (κ1) is 8.50. The number of rotatable bonds is 2. The first-order valence-corrected chi connectivity index (χ1v) is 2.42. The molecule has 4 heteroatoms. The van der Waals surface area contributed by atoms with Crippen molar-refractivity contribution in [3.05, 3.63) is 0 Å². The van der Waals surface area contributed by atoms with Gasteiger partial charge in [-0.25, -0.2) is 4.79 Å². The molecule has 54 valence electrons. The minimum atomic E-state index is -0.677. The summed E-state index contributed by atoms with van der Waals surface area (Å²) in [5, 5.41) is 3.22. The van der Waals surface area contributed by atoms with Gasteiger partial charge in [-0.15, -0.1) is 6.42 Å². The number of hydrogen-bond acceptors (Lipinski definition) is 4. The maximum Gasteiger partial charge on any atom is 0.368 e. The SMILES string of the molecule is C#CC(=NOC)C(=O)OC. The maximum atomic E-state index is 10.6. The van der Waals surface area contributed by atoms with Crippen LogP contribution in [0.2, 0.25) is 0 Å². The largest absolute Gasteiger partial charge is 0.464 e. The number of carbonyl (C=O) groups excluding carboxylic acids is 1. The second-order valence-corrected chi connectivity index (χ2v) is 1.26. The minimum absolute atomic E-state index is 0.176. The van der Waals surface area contributed by atoms with Gasteiger partial charge in [-0.1, -0.05) is 5.16 Å². The van der Waals surface area contributed by atoms with Gasteiger partial charge >= 0.3 is 5.97 Å². The van der Waals surface area contributed by atoms with E-state index in [9.17, 15) is 4.79 Å². The molecule has 0 bridgehead atoms. The van der Waals surface area contributed by atoms with Gasteiger partial charge in [0.25, 0.3) is 0 Å². The van der Waals surface area contributed by atoms with Crippen LogP contribution in [0.15, 0.2) is 5.16 Å². The van der Waals surface area contributed by atoms with Gasteiger partial charge in [0.1, 0.15) is 7.11 Å². The van der Waals surface area contributed by atoms with Crippen molar-refractivity contribution < 1.29 is 14.4 Å². The third-order valence-corrected chi connectivity index (χ3v) is 0.698. The molecule has 0 saturated heterocycles. The Kier molecular flexibility index (Phi) is 3.73. The summed E-state index contributed by atoms with van der Waals surface area (Å²) in [6.45, 7) is 0. The molecular formula is C6H7NO3. The van der Waals surface area contributed by atoms with Crippen molar-refractivity contribution in [2.45, 2.75) is 0 Å². The number of carbonyl (C=O) groups is 1. The molecule has 4 nitrogen and oxygen atoms in total. The molecule has 0 aromatic rings. The zero-order chi connectivity index (χ0) is 7.98. The van der Waals surface area contributed by atoms with Crippen molar-refractivity contribution in [2.75, 3.05) is 14.2 Å². The van der Waals surface area contributed by atoms with Crippen LogP contribution in [0.3, 0.4) is 0 Å². The second kappa shape index (κ2) is 4.39. The van der Waals surface area contributed by atoms with Gasteiger partial charge < -0.3 is 9.57 Å². The Morgan fingerprint density at radius 3 is 2.50 bits per heavy atom. The van der Waals surface area contributed by atoms with Crippen molar-refractivity contribution >= 4 is 11.7 Å². The van der Waals surface area contributed by atoms with Crippen molar-refractivity contribution in [1.82, 2.24) is 0 Å². The predicted molar refractivity (Wildman–Crippen MR) is 35.3 cm³/mol. The third-order valence-electron chi connectivity index (χ3n) is 0.698. The summed E-state index contributed by atoms with van der Waals surface area (Å²) >= 11 is 0. The Morgan fingerprint density at radius 1 is 1.60 bits per heavy atom. The van der Waals surface area contributed by atoms with E-state index >= 15 is 0 Å². The smallest absolute Gasteiger partial charge is 0.368 e. The summed E-state index contributed by atoms with van der Waals surface area (Å²) in [6.07, 6.45) is 4.87. The highest BCUT2D eigenvalue weighted by molar-refractivity contribution is 6.43. The Balaban J connectivity index is 4.25. The molecule has 0 fully saturated rings. The van der Waals surface area contributed by atoms with E-state index in [1.165, 1.54) is 14.2 Å². The van der Waals surface area contributed by atoms with Gasteiger partial charge in [0.15, 0.2) is 0 Å². The average molecular weight is 141 g/mol. The van der Waals surface area contributed by atoms with Crippen LogP contribution in [0.25, 0.3) is 0 Å². The molecule has 0 rings (SSSR count). The molecule has 0 amide bonds. The summed E-state index contributed by atoms with van der Waals surface area (Å²) in [6, 6.07) is 0. The number of ether oxygens (including phenoxy) is 1. The maximum absolute atomic E-state index is 10.6. The number of oxime groups is 1. The standard InChI is InChI=1S/C6H7NO3/c1-4-5(7-10-3)6(8)9-2/h1H,2-3H3. The highest BCUT2D eigenvalue weighted by Crippen LogP contribution is 1.81. The summed E-state index contributed by atoms with van der Waals surface area (Å²) < 4.78 is 4.26. The summed E-state index contributed by atoms with van der Waals surface area (Å²) in [4.78, 5) is 14.8. The lowest BCUT2D eigenvalue weighted by atomic mass is 10.4. The van der Waals surface area contributed by atoms with Gasteiger partial charge in [-0.3, -0.25) is 0 Å². The molecule has 0 aromatic heterocycles. The van der Waals surface area contributed by atoms with E-state index in [2.05, 4.69) is 14.7 Å². The van der Waals surface area contributed by atoms with Crippen LogP contribution in [0.1, 0.15) is 0 Å². The number of nitrogens with zero attached hydrogens (tertiary/aromatic N) is 1. The quantitative estimate of drug-likeness (QED) is 0.231. The fourth-order valence-corrected chi connectivity index (χ4v) is 0.311. The fourth-order valence-electron chi connectivity index (χ4n) is 0.311. The van der Waals surface area contributed by atoms with Gasteiger partial charge in [0, 0.05) is 0 Å². The van der Waals surface area contributed by atoms with Crippen LogP contribution in [0, 0.1) is 12.3 Å². The Morgan fingerprint density at radius 2 is 2.20 bits per heavy atom. The van der Waals surface area contributed by atoms with Crippen LogP contribution < -0.4 is 0 Å². The van der Waals surface area contributed by atoms with Crippen molar-refractivity contribution in [3.63, 3.8) is 0 Å². The molecule has 0 atom stereocenters. The first-order chi connectivity index (χ1) is 4.76. The zero-order valence-corrected chi connectivity index (χ0v) is 5.75. The number of esters is 1. The van der Waals surface area contributed by atoms with Gasteiger partial charge in [0.2, 0.25) is 5.71 Å². The van der Waals surface area contributed by atoms with E-state index in [0.29, 0.717) is 0 Å². The Hall–Kier alpha value is -1.50. The molecule has 0 aliphatic carbocycles. The van der Waals surface area contributed by atoms with Crippen LogP contribution in [-0.2, 0) is 14.4 Å².